The summed E-state index contributed by atoms with van der Waals surface area (Å²) in [5, 5.41) is 0. The molecule has 1 aromatic carbocycles. The van der Waals surface area contributed by atoms with Crippen molar-refractivity contribution in [1.82, 2.24) is 0 Å². The highest BCUT2D eigenvalue weighted by Gasteiger charge is 2.43. The molecule has 68 valence electrons. The van der Waals surface area contributed by atoms with Crippen molar-refractivity contribution in [3.05, 3.63) is 29.8 Å². The van der Waals surface area contributed by atoms with E-state index in [2.05, 4.69) is 19.1 Å². The molecule has 0 aliphatic carbocycles. The summed E-state index contributed by atoms with van der Waals surface area (Å²) in [6, 6.07) is 8.23. The predicted molar refractivity (Wildman–Crippen MR) is 48.7 cm³/mol. The van der Waals surface area contributed by atoms with Gasteiger partial charge in [0.05, 0.1) is 12.5 Å². The Bertz CT molecular complexity index is 335. The molecule has 1 saturated heterocycles. The van der Waals surface area contributed by atoms with Crippen LogP contribution in [0.4, 0.5) is 0 Å². The standard InChI is InChI=1S/C11H12O2/c1-7-6-12-11-10(7)8-4-2-3-5-9(8)13-11/h2-5,7,10-11H,6H2,1H3/t7-,10-,11+/m0/s1. The highest BCUT2D eigenvalue weighted by atomic mass is 16.7. The molecule has 0 saturated carbocycles. The lowest BCUT2D eigenvalue weighted by atomic mass is 9.90. The van der Waals surface area contributed by atoms with E-state index >= 15 is 0 Å². The van der Waals surface area contributed by atoms with Crippen LogP contribution < -0.4 is 4.74 Å². The maximum atomic E-state index is 5.68. The van der Waals surface area contributed by atoms with Crippen LogP contribution in [-0.4, -0.2) is 12.9 Å². The summed E-state index contributed by atoms with van der Waals surface area (Å²) >= 11 is 0. The van der Waals surface area contributed by atoms with Gasteiger partial charge in [-0.1, -0.05) is 25.1 Å². The minimum Gasteiger partial charge on any atom is -0.464 e. The van der Waals surface area contributed by atoms with Gasteiger partial charge in [-0.15, -0.1) is 0 Å². The van der Waals surface area contributed by atoms with Crippen LogP contribution in [0, 0.1) is 5.92 Å². The van der Waals surface area contributed by atoms with Crippen molar-refractivity contribution in [2.24, 2.45) is 5.92 Å². The first-order valence-corrected chi connectivity index (χ1v) is 4.73. The second-order valence-corrected chi connectivity index (χ2v) is 3.86. The van der Waals surface area contributed by atoms with E-state index < -0.39 is 0 Å². The van der Waals surface area contributed by atoms with Crippen molar-refractivity contribution >= 4 is 0 Å². The fraction of sp³-hybridized carbons (Fsp3) is 0.455. The van der Waals surface area contributed by atoms with Gasteiger partial charge in [-0.2, -0.15) is 0 Å². The molecular weight excluding hydrogens is 164 g/mol. The monoisotopic (exact) mass is 176 g/mol. The van der Waals surface area contributed by atoms with Crippen LogP contribution in [-0.2, 0) is 4.74 Å². The van der Waals surface area contributed by atoms with Crippen LogP contribution >= 0.6 is 0 Å². The summed E-state index contributed by atoms with van der Waals surface area (Å²) in [5.41, 5.74) is 1.32. The van der Waals surface area contributed by atoms with Gasteiger partial charge in [0.2, 0.25) is 6.29 Å². The Balaban J connectivity index is 2.08. The molecule has 0 aromatic heterocycles. The zero-order valence-corrected chi connectivity index (χ0v) is 7.57. The summed E-state index contributed by atoms with van der Waals surface area (Å²) in [5.74, 6) is 2.04. The van der Waals surface area contributed by atoms with Crippen LogP contribution in [0.5, 0.6) is 5.75 Å². The van der Waals surface area contributed by atoms with Gasteiger partial charge >= 0.3 is 0 Å². The minimum atomic E-state index is -0.0209. The van der Waals surface area contributed by atoms with Crippen molar-refractivity contribution < 1.29 is 9.47 Å². The topological polar surface area (TPSA) is 18.5 Å². The van der Waals surface area contributed by atoms with E-state index in [1.807, 2.05) is 12.1 Å². The Morgan fingerprint density at radius 2 is 2.15 bits per heavy atom. The lowest BCUT2D eigenvalue weighted by Gasteiger charge is -2.09. The van der Waals surface area contributed by atoms with Crippen LogP contribution in [0.25, 0.3) is 0 Å². The molecule has 1 fully saturated rings. The molecule has 2 aliphatic heterocycles. The van der Waals surface area contributed by atoms with Crippen LogP contribution in [0.3, 0.4) is 0 Å². The molecule has 13 heavy (non-hydrogen) atoms. The first kappa shape index (κ1) is 7.39. The van der Waals surface area contributed by atoms with Gasteiger partial charge in [0.1, 0.15) is 5.75 Å². The molecule has 2 nitrogen and oxygen atoms in total. The summed E-state index contributed by atoms with van der Waals surface area (Å²) in [6.07, 6.45) is -0.0209. The summed E-state index contributed by atoms with van der Waals surface area (Å²) in [7, 11) is 0. The number of hydrogen-bond donors (Lipinski definition) is 0. The van der Waals surface area contributed by atoms with Crippen LogP contribution in [0.2, 0.25) is 0 Å². The summed E-state index contributed by atoms with van der Waals surface area (Å²) < 4.78 is 11.2. The summed E-state index contributed by atoms with van der Waals surface area (Å²) in [6.45, 7) is 3.04. The third-order valence-corrected chi connectivity index (χ3v) is 2.95. The smallest absolute Gasteiger partial charge is 0.207 e. The van der Waals surface area contributed by atoms with Gasteiger partial charge in [-0.05, 0) is 12.0 Å². The SMILES string of the molecule is C[C@H]1CO[C@@H]2Oc3ccccc3[C@@H]21. The molecule has 2 heteroatoms. The molecular formula is C11H12O2. The lowest BCUT2D eigenvalue weighted by Crippen LogP contribution is -2.15. The molecule has 0 unspecified atom stereocenters. The molecule has 0 amide bonds. The Kier molecular flexibility index (Phi) is 1.41. The zero-order chi connectivity index (χ0) is 8.84. The average Bonchev–Trinajstić information content (AvgIpc) is 2.66. The van der Waals surface area contributed by atoms with Gasteiger partial charge in [-0.3, -0.25) is 0 Å². The molecule has 1 aromatic rings. The molecule has 2 aliphatic rings. The van der Waals surface area contributed by atoms with Gasteiger partial charge in [0, 0.05) is 5.56 Å². The number of rotatable bonds is 0. The van der Waals surface area contributed by atoms with E-state index in [9.17, 15) is 0 Å². The molecule has 0 radical (unpaired) electrons. The normalized spacial score (nSPS) is 35.3. The highest BCUT2D eigenvalue weighted by molar-refractivity contribution is 5.41. The molecule has 2 heterocycles. The third kappa shape index (κ3) is 0.923. The van der Waals surface area contributed by atoms with Crippen molar-refractivity contribution in [2.45, 2.75) is 19.1 Å². The number of fused-ring (bicyclic) bond motifs is 3. The van der Waals surface area contributed by atoms with Gasteiger partial charge < -0.3 is 9.47 Å². The fourth-order valence-corrected chi connectivity index (χ4v) is 2.27. The number of ether oxygens (including phenoxy) is 2. The quantitative estimate of drug-likeness (QED) is 0.603. The third-order valence-electron chi connectivity index (χ3n) is 2.95. The molecule has 3 rings (SSSR count). The molecule has 0 N–H and O–H groups in total. The zero-order valence-electron chi connectivity index (χ0n) is 7.57. The van der Waals surface area contributed by atoms with E-state index in [-0.39, 0.29) is 6.29 Å². The summed E-state index contributed by atoms with van der Waals surface area (Å²) in [4.78, 5) is 0. The Morgan fingerprint density at radius 1 is 1.31 bits per heavy atom. The molecule has 3 atom stereocenters. The maximum absolute atomic E-state index is 5.68. The van der Waals surface area contributed by atoms with Gasteiger partial charge in [0.25, 0.3) is 0 Å². The van der Waals surface area contributed by atoms with Crippen molar-refractivity contribution in [3.63, 3.8) is 0 Å². The first-order valence-electron chi connectivity index (χ1n) is 4.73. The largest absolute Gasteiger partial charge is 0.464 e. The Hall–Kier alpha value is -1.02. The van der Waals surface area contributed by atoms with E-state index in [1.165, 1.54) is 5.56 Å². The van der Waals surface area contributed by atoms with E-state index in [1.54, 1.807) is 0 Å². The maximum Gasteiger partial charge on any atom is 0.207 e. The first-order chi connectivity index (χ1) is 6.36. The van der Waals surface area contributed by atoms with Crippen molar-refractivity contribution in [3.8, 4) is 5.75 Å². The average molecular weight is 176 g/mol. The van der Waals surface area contributed by atoms with Crippen LogP contribution in [0.15, 0.2) is 24.3 Å². The van der Waals surface area contributed by atoms with Gasteiger partial charge in [-0.25, -0.2) is 0 Å². The van der Waals surface area contributed by atoms with E-state index in [0.717, 1.165) is 12.4 Å². The number of hydrogen-bond acceptors (Lipinski definition) is 2. The Morgan fingerprint density at radius 3 is 3.08 bits per heavy atom. The molecule has 0 bridgehead atoms. The van der Waals surface area contributed by atoms with Gasteiger partial charge in [0.15, 0.2) is 0 Å². The molecule has 0 spiro atoms. The predicted octanol–water partition coefficient (Wildman–Crippen LogP) is 2.16. The second-order valence-electron chi connectivity index (χ2n) is 3.86. The second kappa shape index (κ2) is 2.48. The van der Waals surface area contributed by atoms with Crippen LogP contribution in [0.1, 0.15) is 18.4 Å². The highest BCUT2D eigenvalue weighted by Crippen LogP contribution is 2.46. The van der Waals surface area contributed by atoms with Crippen molar-refractivity contribution in [2.75, 3.05) is 6.61 Å². The van der Waals surface area contributed by atoms with E-state index in [4.69, 9.17) is 9.47 Å². The fourth-order valence-electron chi connectivity index (χ4n) is 2.27. The van der Waals surface area contributed by atoms with Crippen molar-refractivity contribution in [1.29, 1.82) is 0 Å². The Labute approximate surface area is 77.5 Å². The number of para-hydroxylation sites is 1. The minimum absolute atomic E-state index is 0.0209. The number of benzene rings is 1. The lowest BCUT2D eigenvalue weighted by molar-refractivity contribution is -0.0340. The van der Waals surface area contributed by atoms with E-state index in [0.29, 0.717) is 11.8 Å².